The van der Waals surface area contributed by atoms with Crippen LogP contribution in [0.25, 0.3) is 0 Å². The minimum absolute atomic E-state index is 0.115. The molecule has 0 unspecified atom stereocenters. The van der Waals surface area contributed by atoms with Crippen LogP contribution in [0.4, 0.5) is 0 Å². The molecule has 0 fully saturated rings. The quantitative estimate of drug-likeness (QED) is 0.801. The standard InChI is InChI=1S/C20H23N3O2S/c1-20(2,25)9-7-15-5-3-6-16(13-15)18(24)21-11-8-17-14-26-19-22-10-4-12-23(17)19/h3,5-6,13-14,25H,4,8,10-12H2,1-2H3,(H,21,24). The van der Waals surface area contributed by atoms with Gasteiger partial charge in [0.25, 0.3) is 5.91 Å². The maximum atomic E-state index is 12.4. The maximum Gasteiger partial charge on any atom is 0.251 e. The number of aliphatic imine (C=N–C) groups is 1. The van der Waals surface area contributed by atoms with Crippen LogP contribution in [0.5, 0.6) is 0 Å². The van der Waals surface area contributed by atoms with Crippen molar-refractivity contribution in [3.8, 4) is 11.8 Å². The molecule has 2 aliphatic rings. The first-order valence-corrected chi connectivity index (χ1v) is 9.62. The van der Waals surface area contributed by atoms with Crippen molar-refractivity contribution in [2.75, 3.05) is 19.6 Å². The number of hydrogen-bond acceptors (Lipinski definition) is 5. The van der Waals surface area contributed by atoms with E-state index in [0.29, 0.717) is 17.7 Å². The summed E-state index contributed by atoms with van der Waals surface area (Å²) < 4.78 is 0. The minimum atomic E-state index is -1.05. The predicted octanol–water partition coefficient (Wildman–Crippen LogP) is 2.58. The first kappa shape index (κ1) is 18.6. The fourth-order valence-corrected chi connectivity index (χ4v) is 3.69. The number of carbonyl (C=O) groups excluding carboxylic acids is 1. The van der Waals surface area contributed by atoms with Gasteiger partial charge in [0.05, 0.1) is 0 Å². The number of carbonyl (C=O) groups is 1. The average Bonchev–Trinajstić information content (AvgIpc) is 3.03. The molecule has 0 saturated heterocycles. The van der Waals surface area contributed by atoms with Gasteiger partial charge in [-0.3, -0.25) is 9.79 Å². The Hall–Kier alpha value is -2.23. The Labute approximate surface area is 158 Å². The zero-order valence-electron chi connectivity index (χ0n) is 15.1. The van der Waals surface area contributed by atoms with E-state index < -0.39 is 5.60 Å². The molecular formula is C20H23N3O2S. The van der Waals surface area contributed by atoms with Crippen molar-refractivity contribution in [1.82, 2.24) is 10.2 Å². The summed E-state index contributed by atoms with van der Waals surface area (Å²) in [4.78, 5) is 19.1. The molecule has 0 radical (unpaired) electrons. The second-order valence-corrected chi connectivity index (χ2v) is 7.63. The number of nitrogens with zero attached hydrogens (tertiary/aromatic N) is 2. The molecule has 0 aromatic heterocycles. The Kier molecular flexibility index (Phi) is 5.70. The van der Waals surface area contributed by atoms with Crippen molar-refractivity contribution in [2.24, 2.45) is 4.99 Å². The molecule has 2 aliphatic heterocycles. The lowest BCUT2D eigenvalue weighted by molar-refractivity contribution is 0.0953. The van der Waals surface area contributed by atoms with Gasteiger partial charge in [-0.2, -0.15) is 0 Å². The predicted molar refractivity (Wildman–Crippen MR) is 106 cm³/mol. The van der Waals surface area contributed by atoms with Gasteiger partial charge in [0.2, 0.25) is 0 Å². The number of nitrogens with one attached hydrogen (secondary N) is 1. The second kappa shape index (κ2) is 7.98. The summed E-state index contributed by atoms with van der Waals surface area (Å²) in [5.74, 6) is 5.54. The smallest absolute Gasteiger partial charge is 0.251 e. The van der Waals surface area contributed by atoms with Gasteiger partial charge in [-0.1, -0.05) is 29.7 Å². The molecule has 136 valence electrons. The van der Waals surface area contributed by atoms with Crippen LogP contribution in [0.2, 0.25) is 0 Å². The summed E-state index contributed by atoms with van der Waals surface area (Å²) in [5, 5.41) is 15.9. The van der Waals surface area contributed by atoms with Gasteiger partial charge in [-0.05, 0) is 43.9 Å². The van der Waals surface area contributed by atoms with Crippen molar-refractivity contribution in [2.45, 2.75) is 32.3 Å². The van der Waals surface area contributed by atoms with E-state index in [2.05, 4.69) is 32.5 Å². The summed E-state index contributed by atoms with van der Waals surface area (Å²) in [6.45, 7) is 5.75. The molecule has 6 heteroatoms. The summed E-state index contributed by atoms with van der Waals surface area (Å²) >= 11 is 1.66. The SMILES string of the molecule is CC(C)(O)C#Cc1cccc(C(=O)NCCC2=CSC3=NCCCN23)c1. The lowest BCUT2D eigenvalue weighted by atomic mass is 10.1. The van der Waals surface area contributed by atoms with Gasteiger partial charge < -0.3 is 15.3 Å². The van der Waals surface area contributed by atoms with Gasteiger partial charge >= 0.3 is 0 Å². The monoisotopic (exact) mass is 369 g/mol. The van der Waals surface area contributed by atoms with E-state index in [0.717, 1.165) is 31.1 Å². The van der Waals surface area contributed by atoms with Crippen LogP contribution in [-0.2, 0) is 0 Å². The molecule has 0 atom stereocenters. The van der Waals surface area contributed by atoms with Crippen LogP contribution in [0, 0.1) is 11.8 Å². The third kappa shape index (κ3) is 4.90. The van der Waals surface area contributed by atoms with Crippen LogP contribution < -0.4 is 5.32 Å². The molecule has 1 aromatic carbocycles. The Morgan fingerprint density at radius 3 is 3.12 bits per heavy atom. The normalized spacial score (nSPS) is 16.2. The topological polar surface area (TPSA) is 64.9 Å². The molecular weight excluding hydrogens is 346 g/mol. The number of benzene rings is 1. The van der Waals surface area contributed by atoms with Crippen molar-refractivity contribution in [1.29, 1.82) is 0 Å². The molecule has 2 N–H and O–H groups in total. The Morgan fingerprint density at radius 2 is 2.31 bits per heavy atom. The van der Waals surface area contributed by atoms with Gasteiger partial charge in [-0.25, -0.2) is 0 Å². The van der Waals surface area contributed by atoms with E-state index in [1.165, 1.54) is 5.70 Å². The molecule has 1 amide bonds. The maximum absolute atomic E-state index is 12.4. The number of amidine groups is 1. The highest BCUT2D eigenvalue weighted by Gasteiger charge is 2.24. The fourth-order valence-electron chi connectivity index (χ4n) is 2.70. The zero-order chi connectivity index (χ0) is 18.6. The molecule has 0 bridgehead atoms. The molecule has 2 heterocycles. The number of hydrogen-bond donors (Lipinski definition) is 2. The van der Waals surface area contributed by atoms with Gasteiger partial charge in [0, 0.05) is 42.9 Å². The summed E-state index contributed by atoms with van der Waals surface area (Å²) in [6.07, 6.45) is 1.86. The number of fused-ring (bicyclic) bond motifs is 1. The second-order valence-electron chi connectivity index (χ2n) is 6.79. The molecule has 5 nitrogen and oxygen atoms in total. The minimum Gasteiger partial charge on any atom is -0.378 e. The van der Waals surface area contributed by atoms with E-state index in [-0.39, 0.29) is 5.91 Å². The molecule has 1 aromatic rings. The highest BCUT2D eigenvalue weighted by molar-refractivity contribution is 8.16. The zero-order valence-corrected chi connectivity index (χ0v) is 15.9. The molecule has 0 saturated carbocycles. The van der Waals surface area contributed by atoms with Gasteiger partial charge in [-0.15, -0.1) is 0 Å². The van der Waals surface area contributed by atoms with Gasteiger partial charge in [0.15, 0.2) is 5.17 Å². The largest absolute Gasteiger partial charge is 0.378 e. The lowest BCUT2D eigenvalue weighted by Gasteiger charge is -2.25. The highest BCUT2D eigenvalue weighted by Crippen LogP contribution is 2.30. The van der Waals surface area contributed by atoms with Crippen molar-refractivity contribution in [3.63, 3.8) is 0 Å². The highest BCUT2D eigenvalue weighted by atomic mass is 32.2. The molecule has 0 spiro atoms. The molecule has 3 rings (SSSR count). The first-order valence-electron chi connectivity index (χ1n) is 8.74. The van der Waals surface area contributed by atoms with Crippen LogP contribution >= 0.6 is 11.8 Å². The molecule has 26 heavy (non-hydrogen) atoms. The van der Waals surface area contributed by atoms with Crippen molar-refractivity contribution < 1.29 is 9.90 Å². The first-order chi connectivity index (χ1) is 12.4. The van der Waals surface area contributed by atoms with Crippen LogP contribution in [0.15, 0.2) is 40.4 Å². The summed E-state index contributed by atoms with van der Waals surface area (Å²) in [6, 6.07) is 7.14. The third-order valence-electron chi connectivity index (χ3n) is 3.97. The van der Waals surface area contributed by atoms with E-state index >= 15 is 0 Å². The van der Waals surface area contributed by atoms with Crippen molar-refractivity contribution >= 4 is 22.8 Å². The summed E-state index contributed by atoms with van der Waals surface area (Å²) in [7, 11) is 0. The van der Waals surface area contributed by atoms with Gasteiger partial charge in [0.1, 0.15) is 5.60 Å². The van der Waals surface area contributed by atoms with E-state index in [9.17, 15) is 9.90 Å². The number of thioether (sulfide) groups is 1. The van der Waals surface area contributed by atoms with E-state index in [1.54, 1.807) is 43.8 Å². The van der Waals surface area contributed by atoms with Crippen molar-refractivity contribution in [3.05, 3.63) is 46.5 Å². The Balaban J connectivity index is 1.55. The number of aliphatic hydroxyl groups is 1. The van der Waals surface area contributed by atoms with Crippen LogP contribution in [0.1, 0.15) is 42.6 Å². The Morgan fingerprint density at radius 1 is 1.46 bits per heavy atom. The number of rotatable bonds is 4. The van der Waals surface area contributed by atoms with E-state index in [4.69, 9.17) is 0 Å². The fraction of sp³-hybridized carbons (Fsp3) is 0.400. The third-order valence-corrected chi connectivity index (χ3v) is 4.92. The lowest BCUT2D eigenvalue weighted by Crippen LogP contribution is -2.32. The molecule has 0 aliphatic carbocycles. The van der Waals surface area contributed by atoms with Crippen LogP contribution in [0.3, 0.4) is 0 Å². The Bertz CT molecular complexity index is 812. The van der Waals surface area contributed by atoms with E-state index in [1.807, 2.05) is 6.07 Å². The van der Waals surface area contributed by atoms with Crippen LogP contribution in [-0.4, -0.2) is 46.3 Å². The summed E-state index contributed by atoms with van der Waals surface area (Å²) in [5.41, 5.74) is 1.45. The number of amides is 1. The average molecular weight is 369 g/mol.